The van der Waals surface area contributed by atoms with Crippen molar-refractivity contribution < 1.29 is 9.53 Å². The van der Waals surface area contributed by atoms with E-state index in [1.807, 2.05) is 0 Å². The maximum absolute atomic E-state index is 11.7. The number of nitrogens with one attached hydrogen (secondary N) is 1. The van der Waals surface area contributed by atoms with Gasteiger partial charge in [-0.3, -0.25) is 4.79 Å². The molecule has 1 saturated carbocycles. The minimum Gasteiger partial charge on any atom is -0.379 e. The Morgan fingerprint density at radius 2 is 2.33 bits per heavy atom. The van der Waals surface area contributed by atoms with Crippen molar-refractivity contribution in [1.29, 1.82) is 0 Å². The molecule has 2 rings (SSSR count). The fraction of sp³-hybridized carbons (Fsp3) is 0.583. The molecular weight excluding hydrogens is 232 g/mol. The monoisotopic (exact) mass is 250 g/mol. The lowest BCUT2D eigenvalue weighted by Crippen LogP contribution is -2.28. The van der Waals surface area contributed by atoms with Crippen molar-refractivity contribution in [2.45, 2.75) is 19.8 Å². The van der Waals surface area contributed by atoms with E-state index in [9.17, 15) is 4.79 Å². The van der Waals surface area contributed by atoms with Crippen LogP contribution >= 0.6 is 0 Å². The Kier molecular flexibility index (Phi) is 4.09. The van der Waals surface area contributed by atoms with Crippen molar-refractivity contribution in [1.82, 2.24) is 15.3 Å². The Labute approximate surface area is 106 Å². The lowest BCUT2D eigenvalue weighted by molar-refractivity contribution is 0.0902. The Balaban J connectivity index is 1.72. The van der Waals surface area contributed by atoms with Crippen LogP contribution in [0.2, 0.25) is 0 Å². The Hall–Kier alpha value is -1.69. The molecule has 0 radical (unpaired) electrons. The highest BCUT2D eigenvalue weighted by molar-refractivity contribution is 5.92. The van der Waals surface area contributed by atoms with Crippen LogP contribution in [0.15, 0.2) is 6.07 Å². The van der Waals surface area contributed by atoms with Crippen LogP contribution in [0.3, 0.4) is 0 Å². The number of nitrogen functional groups attached to an aromatic ring is 1. The number of anilines is 1. The van der Waals surface area contributed by atoms with E-state index in [0.29, 0.717) is 24.5 Å². The van der Waals surface area contributed by atoms with E-state index in [1.165, 1.54) is 12.8 Å². The van der Waals surface area contributed by atoms with Crippen LogP contribution in [0.1, 0.15) is 29.0 Å². The molecule has 18 heavy (non-hydrogen) atoms. The number of carbonyl (C=O) groups is 1. The predicted octanol–water partition coefficient (Wildman–Crippen LogP) is 0.524. The summed E-state index contributed by atoms with van der Waals surface area (Å²) in [7, 11) is 0. The van der Waals surface area contributed by atoms with Crippen molar-refractivity contribution in [3.63, 3.8) is 0 Å². The molecule has 1 fully saturated rings. The van der Waals surface area contributed by atoms with Gasteiger partial charge in [-0.15, -0.1) is 0 Å². The molecule has 0 saturated heterocycles. The number of nitrogens with zero attached hydrogens (tertiary/aromatic N) is 2. The molecule has 1 aliphatic carbocycles. The first kappa shape index (κ1) is 12.8. The number of aromatic nitrogens is 2. The van der Waals surface area contributed by atoms with Crippen molar-refractivity contribution in [3.8, 4) is 0 Å². The van der Waals surface area contributed by atoms with Gasteiger partial charge in [0.25, 0.3) is 5.91 Å². The van der Waals surface area contributed by atoms with E-state index >= 15 is 0 Å². The van der Waals surface area contributed by atoms with E-state index in [2.05, 4.69) is 15.3 Å². The molecule has 6 nitrogen and oxygen atoms in total. The van der Waals surface area contributed by atoms with Gasteiger partial charge in [0, 0.05) is 18.8 Å². The molecule has 0 aromatic carbocycles. The molecule has 0 atom stereocenters. The summed E-state index contributed by atoms with van der Waals surface area (Å²) in [5, 5.41) is 2.74. The van der Waals surface area contributed by atoms with Gasteiger partial charge in [0.2, 0.25) is 5.95 Å². The molecular formula is C12H18N4O2. The zero-order valence-electron chi connectivity index (χ0n) is 10.5. The average Bonchev–Trinajstić information content (AvgIpc) is 3.11. The molecule has 0 bridgehead atoms. The topological polar surface area (TPSA) is 90.1 Å². The first-order valence-corrected chi connectivity index (χ1v) is 6.12. The summed E-state index contributed by atoms with van der Waals surface area (Å²) < 4.78 is 5.42. The quantitative estimate of drug-likeness (QED) is 0.718. The van der Waals surface area contributed by atoms with Crippen molar-refractivity contribution in [2.24, 2.45) is 5.92 Å². The van der Waals surface area contributed by atoms with Gasteiger partial charge in [0.05, 0.1) is 6.61 Å². The smallest absolute Gasteiger partial charge is 0.270 e. The molecule has 1 amide bonds. The number of aryl methyl sites for hydroxylation is 1. The second-order valence-corrected chi connectivity index (χ2v) is 4.53. The average molecular weight is 250 g/mol. The normalized spacial score (nSPS) is 14.5. The summed E-state index contributed by atoms with van der Waals surface area (Å²) in [6.07, 6.45) is 2.54. The van der Waals surface area contributed by atoms with E-state index < -0.39 is 0 Å². The number of amides is 1. The van der Waals surface area contributed by atoms with E-state index in [-0.39, 0.29) is 11.9 Å². The van der Waals surface area contributed by atoms with Crippen LogP contribution in [0, 0.1) is 12.8 Å². The first-order valence-electron chi connectivity index (χ1n) is 6.12. The number of ether oxygens (including phenoxy) is 1. The lowest BCUT2D eigenvalue weighted by atomic mass is 10.3. The summed E-state index contributed by atoms with van der Waals surface area (Å²) in [5.74, 6) is 0.609. The van der Waals surface area contributed by atoms with Crippen molar-refractivity contribution >= 4 is 11.9 Å². The van der Waals surface area contributed by atoms with Crippen LogP contribution in [0.5, 0.6) is 0 Å². The molecule has 6 heteroatoms. The van der Waals surface area contributed by atoms with Gasteiger partial charge in [-0.25, -0.2) is 9.97 Å². The maximum atomic E-state index is 11.7. The standard InChI is InChI=1S/C12H18N4O2/c1-8-6-10(16-12(13)15-8)11(17)14-4-5-18-7-9-2-3-9/h6,9H,2-5,7H2,1H3,(H,14,17)(H2,13,15,16). The molecule has 1 aromatic rings. The molecule has 0 spiro atoms. The minimum atomic E-state index is -0.248. The van der Waals surface area contributed by atoms with E-state index in [0.717, 1.165) is 12.5 Å². The minimum absolute atomic E-state index is 0.116. The summed E-state index contributed by atoms with van der Waals surface area (Å²) in [6, 6.07) is 1.61. The number of carbonyl (C=O) groups excluding carboxylic acids is 1. The van der Waals surface area contributed by atoms with Gasteiger partial charge >= 0.3 is 0 Å². The highest BCUT2D eigenvalue weighted by atomic mass is 16.5. The Morgan fingerprint density at radius 1 is 1.56 bits per heavy atom. The largest absolute Gasteiger partial charge is 0.379 e. The molecule has 0 unspecified atom stereocenters. The highest BCUT2D eigenvalue weighted by Gasteiger charge is 2.20. The van der Waals surface area contributed by atoms with Gasteiger partial charge in [0.1, 0.15) is 5.69 Å². The van der Waals surface area contributed by atoms with Gasteiger partial charge in [-0.2, -0.15) is 0 Å². The van der Waals surface area contributed by atoms with Crippen LogP contribution in [0.4, 0.5) is 5.95 Å². The van der Waals surface area contributed by atoms with Gasteiger partial charge in [-0.05, 0) is 31.7 Å². The second kappa shape index (κ2) is 5.77. The van der Waals surface area contributed by atoms with Crippen molar-refractivity contribution in [2.75, 3.05) is 25.5 Å². The zero-order chi connectivity index (χ0) is 13.0. The number of hydrogen-bond acceptors (Lipinski definition) is 5. The van der Waals surface area contributed by atoms with Gasteiger partial charge in [0.15, 0.2) is 0 Å². The summed E-state index contributed by atoms with van der Waals surface area (Å²) in [4.78, 5) is 19.5. The molecule has 1 aliphatic rings. The van der Waals surface area contributed by atoms with E-state index in [4.69, 9.17) is 10.5 Å². The molecule has 98 valence electrons. The maximum Gasteiger partial charge on any atom is 0.270 e. The fourth-order valence-corrected chi connectivity index (χ4v) is 1.57. The summed E-state index contributed by atoms with van der Waals surface area (Å²) in [5.41, 5.74) is 6.46. The third-order valence-electron chi connectivity index (χ3n) is 2.69. The molecule has 1 aromatic heterocycles. The Bertz CT molecular complexity index is 412. The predicted molar refractivity (Wildman–Crippen MR) is 67.1 cm³/mol. The second-order valence-electron chi connectivity index (χ2n) is 4.53. The van der Waals surface area contributed by atoms with Gasteiger partial charge < -0.3 is 15.8 Å². The van der Waals surface area contributed by atoms with Crippen LogP contribution in [-0.4, -0.2) is 35.6 Å². The van der Waals surface area contributed by atoms with Gasteiger partial charge in [-0.1, -0.05) is 0 Å². The van der Waals surface area contributed by atoms with Crippen molar-refractivity contribution in [3.05, 3.63) is 17.5 Å². The summed E-state index contributed by atoms with van der Waals surface area (Å²) in [6.45, 7) is 3.58. The molecule has 1 heterocycles. The third-order valence-corrected chi connectivity index (χ3v) is 2.69. The van der Waals surface area contributed by atoms with Crippen LogP contribution in [0.25, 0.3) is 0 Å². The molecule has 0 aliphatic heterocycles. The fourth-order valence-electron chi connectivity index (χ4n) is 1.57. The van der Waals surface area contributed by atoms with E-state index in [1.54, 1.807) is 13.0 Å². The SMILES string of the molecule is Cc1cc(C(=O)NCCOCC2CC2)nc(N)n1. The third kappa shape index (κ3) is 3.96. The number of rotatable bonds is 6. The number of nitrogens with two attached hydrogens (primary N) is 1. The Morgan fingerprint density at radius 3 is 3.00 bits per heavy atom. The highest BCUT2D eigenvalue weighted by Crippen LogP contribution is 2.28. The van der Waals surface area contributed by atoms with Crippen LogP contribution < -0.4 is 11.1 Å². The zero-order valence-corrected chi connectivity index (χ0v) is 10.5. The number of hydrogen-bond donors (Lipinski definition) is 2. The molecule has 3 N–H and O–H groups in total. The van der Waals surface area contributed by atoms with Crippen LogP contribution in [-0.2, 0) is 4.74 Å². The summed E-state index contributed by atoms with van der Waals surface area (Å²) >= 11 is 0. The lowest BCUT2D eigenvalue weighted by Gasteiger charge is -2.06. The first-order chi connectivity index (χ1) is 8.65.